The summed E-state index contributed by atoms with van der Waals surface area (Å²) in [6, 6.07) is 0. The number of hydrogen-bond acceptors (Lipinski definition) is 4. The SMILES string of the molecule is Cc1nnc(SCCCCC(C)(C)CN)n1C. The van der Waals surface area contributed by atoms with E-state index in [0.717, 1.165) is 23.3 Å². The first kappa shape index (κ1) is 14.5. The number of hydrogen-bond donors (Lipinski definition) is 1. The minimum absolute atomic E-state index is 0.284. The maximum absolute atomic E-state index is 5.71. The third kappa shape index (κ3) is 4.68. The van der Waals surface area contributed by atoms with Crippen molar-refractivity contribution in [1.29, 1.82) is 0 Å². The first-order chi connectivity index (χ1) is 7.96. The van der Waals surface area contributed by atoms with Crippen molar-refractivity contribution in [2.45, 2.75) is 45.2 Å². The summed E-state index contributed by atoms with van der Waals surface area (Å²) in [6.07, 6.45) is 3.63. The van der Waals surface area contributed by atoms with Gasteiger partial charge in [0.1, 0.15) is 5.82 Å². The molecule has 4 nitrogen and oxygen atoms in total. The first-order valence-corrected chi connectivity index (χ1v) is 7.14. The number of rotatable bonds is 7. The molecule has 5 heteroatoms. The van der Waals surface area contributed by atoms with Crippen LogP contribution in [0.25, 0.3) is 0 Å². The molecule has 1 heterocycles. The zero-order chi connectivity index (χ0) is 12.9. The normalized spacial score (nSPS) is 12.1. The van der Waals surface area contributed by atoms with Gasteiger partial charge < -0.3 is 10.3 Å². The summed E-state index contributed by atoms with van der Waals surface area (Å²) >= 11 is 1.78. The number of thioether (sulfide) groups is 1. The summed E-state index contributed by atoms with van der Waals surface area (Å²) < 4.78 is 2.04. The molecular formula is C12H24N4S. The van der Waals surface area contributed by atoms with Gasteiger partial charge in [-0.1, -0.05) is 32.0 Å². The van der Waals surface area contributed by atoms with Gasteiger partial charge in [-0.15, -0.1) is 10.2 Å². The van der Waals surface area contributed by atoms with E-state index < -0.39 is 0 Å². The molecular weight excluding hydrogens is 232 g/mol. The van der Waals surface area contributed by atoms with Crippen molar-refractivity contribution >= 4 is 11.8 Å². The van der Waals surface area contributed by atoms with E-state index in [4.69, 9.17) is 5.73 Å². The minimum Gasteiger partial charge on any atom is -0.330 e. The number of aromatic nitrogens is 3. The molecule has 0 aliphatic rings. The van der Waals surface area contributed by atoms with Gasteiger partial charge in [-0.25, -0.2) is 0 Å². The number of nitrogens with zero attached hydrogens (tertiary/aromatic N) is 3. The molecule has 0 aliphatic heterocycles. The zero-order valence-corrected chi connectivity index (χ0v) is 12.2. The Labute approximate surface area is 108 Å². The molecule has 0 atom stereocenters. The van der Waals surface area contributed by atoms with Gasteiger partial charge in [0.15, 0.2) is 5.16 Å². The smallest absolute Gasteiger partial charge is 0.190 e. The second-order valence-electron chi connectivity index (χ2n) is 5.26. The van der Waals surface area contributed by atoms with Crippen molar-refractivity contribution in [3.8, 4) is 0 Å². The van der Waals surface area contributed by atoms with Crippen LogP contribution in [0, 0.1) is 12.3 Å². The van der Waals surface area contributed by atoms with Gasteiger partial charge >= 0.3 is 0 Å². The van der Waals surface area contributed by atoms with Gasteiger partial charge in [0, 0.05) is 12.8 Å². The Kier molecular flexibility index (Phi) is 5.46. The highest BCUT2D eigenvalue weighted by atomic mass is 32.2. The van der Waals surface area contributed by atoms with Crippen LogP contribution in [0.4, 0.5) is 0 Å². The van der Waals surface area contributed by atoms with E-state index in [1.54, 1.807) is 11.8 Å². The highest BCUT2D eigenvalue weighted by molar-refractivity contribution is 7.99. The monoisotopic (exact) mass is 256 g/mol. The molecule has 1 rings (SSSR count). The lowest BCUT2D eigenvalue weighted by Gasteiger charge is -2.21. The lowest BCUT2D eigenvalue weighted by molar-refractivity contribution is 0.336. The van der Waals surface area contributed by atoms with Gasteiger partial charge in [0.25, 0.3) is 0 Å². The molecule has 0 bridgehead atoms. The van der Waals surface area contributed by atoms with Crippen molar-refractivity contribution in [2.75, 3.05) is 12.3 Å². The van der Waals surface area contributed by atoms with E-state index in [0.29, 0.717) is 0 Å². The quantitative estimate of drug-likeness (QED) is 0.601. The number of nitrogens with two attached hydrogens (primary N) is 1. The molecule has 0 aromatic carbocycles. The van der Waals surface area contributed by atoms with Crippen molar-refractivity contribution in [1.82, 2.24) is 14.8 Å². The van der Waals surface area contributed by atoms with E-state index in [1.165, 1.54) is 19.3 Å². The van der Waals surface area contributed by atoms with Gasteiger partial charge in [-0.05, 0) is 31.7 Å². The summed E-state index contributed by atoms with van der Waals surface area (Å²) in [6.45, 7) is 7.20. The summed E-state index contributed by atoms with van der Waals surface area (Å²) in [5, 5.41) is 9.19. The molecule has 1 aromatic rings. The molecule has 0 radical (unpaired) electrons. The first-order valence-electron chi connectivity index (χ1n) is 6.15. The summed E-state index contributed by atoms with van der Waals surface area (Å²) in [5.41, 5.74) is 5.99. The van der Waals surface area contributed by atoms with Crippen molar-refractivity contribution in [2.24, 2.45) is 18.2 Å². The number of aryl methyl sites for hydroxylation is 1. The Balaban J connectivity index is 2.19. The van der Waals surface area contributed by atoms with Crippen molar-refractivity contribution in [3.63, 3.8) is 0 Å². The maximum atomic E-state index is 5.71. The van der Waals surface area contributed by atoms with E-state index in [2.05, 4.69) is 24.0 Å². The van der Waals surface area contributed by atoms with Gasteiger partial charge in [0.05, 0.1) is 0 Å². The highest BCUT2D eigenvalue weighted by Gasteiger charge is 2.14. The fourth-order valence-electron chi connectivity index (χ4n) is 1.48. The average Bonchev–Trinajstić information content (AvgIpc) is 2.60. The van der Waals surface area contributed by atoms with Crippen LogP contribution in [-0.2, 0) is 7.05 Å². The standard InChI is InChI=1S/C12H24N4S/c1-10-14-15-11(16(10)4)17-8-6-5-7-12(2,3)9-13/h5-9,13H2,1-4H3. The van der Waals surface area contributed by atoms with Crippen LogP contribution in [0.2, 0.25) is 0 Å². The van der Waals surface area contributed by atoms with Crippen LogP contribution < -0.4 is 5.73 Å². The van der Waals surface area contributed by atoms with E-state index in [9.17, 15) is 0 Å². The van der Waals surface area contributed by atoms with Crippen LogP contribution in [0.3, 0.4) is 0 Å². The van der Waals surface area contributed by atoms with E-state index >= 15 is 0 Å². The Hall–Kier alpha value is -0.550. The minimum atomic E-state index is 0.284. The Morgan fingerprint density at radius 1 is 1.29 bits per heavy atom. The molecule has 0 spiro atoms. The van der Waals surface area contributed by atoms with Crippen molar-refractivity contribution < 1.29 is 0 Å². The average molecular weight is 256 g/mol. The third-order valence-electron chi connectivity index (χ3n) is 3.08. The van der Waals surface area contributed by atoms with Crippen molar-refractivity contribution in [3.05, 3.63) is 5.82 Å². The van der Waals surface area contributed by atoms with Gasteiger partial charge in [0.2, 0.25) is 0 Å². The summed E-state index contributed by atoms with van der Waals surface area (Å²) in [7, 11) is 2.01. The largest absolute Gasteiger partial charge is 0.330 e. The topological polar surface area (TPSA) is 56.7 Å². The Morgan fingerprint density at radius 3 is 2.53 bits per heavy atom. The Morgan fingerprint density at radius 2 is 2.00 bits per heavy atom. The predicted octanol–water partition coefficient (Wildman–Crippen LogP) is 2.37. The molecule has 0 saturated heterocycles. The molecule has 0 saturated carbocycles. The molecule has 0 amide bonds. The summed E-state index contributed by atoms with van der Waals surface area (Å²) in [5.74, 6) is 2.07. The fraction of sp³-hybridized carbons (Fsp3) is 0.833. The highest BCUT2D eigenvalue weighted by Crippen LogP contribution is 2.23. The van der Waals surface area contributed by atoms with E-state index in [1.807, 2.05) is 18.5 Å². The molecule has 0 aliphatic carbocycles. The lowest BCUT2D eigenvalue weighted by Crippen LogP contribution is -2.23. The summed E-state index contributed by atoms with van der Waals surface area (Å²) in [4.78, 5) is 0. The maximum Gasteiger partial charge on any atom is 0.190 e. The molecule has 0 unspecified atom stereocenters. The van der Waals surface area contributed by atoms with Gasteiger partial charge in [-0.3, -0.25) is 0 Å². The van der Waals surface area contributed by atoms with Crippen LogP contribution in [-0.4, -0.2) is 27.1 Å². The number of unbranched alkanes of at least 4 members (excludes halogenated alkanes) is 1. The van der Waals surface area contributed by atoms with Crippen LogP contribution >= 0.6 is 11.8 Å². The van der Waals surface area contributed by atoms with Crippen LogP contribution in [0.5, 0.6) is 0 Å². The lowest BCUT2D eigenvalue weighted by atomic mass is 9.88. The predicted molar refractivity (Wildman–Crippen MR) is 73.2 cm³/mol. The molecule has 17 heavy (non-hydrogen) atoms. The van der Waals surface area contributed by atoms with Crippen LogP contribution in [0.1, 0.15) is 38.9 Å². The Bertz CT molecular complexity index is 346. The van der Waals surface area contributed by atoms with Crippen LogP contribution in [0.15, 0.2) is 5.16 Å². The van der Waals surface area contributed by atoms with E-state index in [-0.39, 0.29) is 5.41 Å². The zero-order valence-electron chi connectivity index (χ0n) is 11.4. The third-order valence-corrected chi connectivity index (χ3v) is 4.19. The molecule has 0 fully saturated rings. The second-order valence-corrected chi connectivity index (χ2v) is 6.32. The van der Waals surface area contributed by atoms with Gasteiger partial charge in [-0.2, -0.15) is 0 Å². The molecule has 2 N–H and O–H groups in total. The fourth-order valence-corrected chi connectivity index (χ4v) is 2.44. The molecule has 98 valence electrons. The second kappa shape index (κ2) is 6.40. The molecule has 1 aromatic heterocycles.